The van der Waals surface area contributed by atoms with Crippen LogP contribution in [0.3, 0.4) is 0 Å². The summed E-state index contributed by atoms with van der Waals surface area (Å²) in [6.45, 7) is 8.24. The number of piperazine rings is 1. The van der Waals surface area contributed by atoms with E-state index >= 15 is 0 Å². The molecule has 11 heteroatoms. The van der Waals surface area contributed by atoms with Crippen LogP contribution in [-0.2, 0) is 10.5 Å². The molecule has 3 aromatic rings. The van der Waals surface area contributed by atoms with Crippen molar-refractivity contribution in [1.29, 1.82) is 0 Å². The molecule has 0 bridgehead atoms. The monoisotopic (exact) mass is 582 g/mol. The van der Waals surface area contributed by atoms with Crippen LogP contribution in [0.1, 0.15) is 15.9 Å². The number of aromatic nitrogens is 2. The molecule has 0 radical (unpaired) electrons. The van der Waals surface area contributed by atoms with Gasteiger partial charge < -0.3 is 24.6 Å². The van der Waals surface area contributed by atoms with Gasteiger partial charge in [0.2, 0.25) is 0 Å². The van der Waals surface area contributed by atoms with Gasteiger partial charge in [0.15, 0.2) is 5.16 Å². The lowest BCUT2D eigenvalue weighted by molar-refractivity contribution is 0.0383. The van der Waals surface area contributed by atoms with Crippen molar-refractivity contribution in [2.24, 2.45) is 0 Å². The van der Waals surface area contributed by atoms with E-state index in [4.69, 9.17) is 26.1 Å². The number of benzene rings is 2. The standard InChI is InChI=1S/C29H35ClN6O3S/c1-38-25-7-5-24(6-8-25)35-11-13-36(14-12-35)27-20-26(30)32-29(33-27)40-21-22-3-2-4-23(19-22)28(37)31-9-10-34-15-17-39-18-16-34/h2-8,19-20H,9-18,21H2,1H3,(H,31,37). The largest absolute Gasteiger partial charge is 0.497 e. The Kier molecular flexibility index (Phi) is 9.99. The quantitative estimate of drug-likeness (QED) is 0.218. The number of thioether (sulfide) groups is 1. The number of halogens is 1. The minimum absolute atomic E-state index is 0.0600. The van der Waals surface area contributed by atoms with Gasteiger partial charge in [-0.2, -0.15) is 0 Å². The van der Waals surface area contributed by atoms with E-state index in [1.807, 2.05) is 42.5 Å². The number of carbonyl (C=O) groups is 1. The summed E-state index contributed by atoms with van der Waals surface area (Å²) in [5.41, 5.74) is 2.87. The van der Waals surface area contributed by atoms with Crippen LogP contribution in [0.4, 0.5) is 11.5 Å². The minimum atomic E-state index is -0.0600. The van der Waals surface area contributed by atoms with Crippen molar-refractivity contribution in [2.45, 2.75) is 10.9 Å². The molecule has 2 fully saturated rings. The lowest BCUT2D eigenvalue weighted by Crippen LogP contribution is -2.46. The van der Waals surface area contributed by atoms with Gasteiger partial charge in [-0.1, -0.05) is 35.5 Å². The summed E-state index contributed by atoms with van der Waals surface area (Å²) in [5.74, 6) is 2.28. The van der Waals surface area contributed by atoms with Crippen molar-refractivity contribution in [3.05, 3.63) is 70.9 Å². The predicted octanol–water partition coefficient (Wildman–Crippen LogP) is 3.82. The zero-order valence-electron chi connectivity index (χ0n) is 22.7. The van der Waals surface area contributed by atoms with Gasteiger partial charge in [0.25, 0.3) is 5.91 Å². The molecule has 1 aromatic heterocycles. The maximum Gasteiger partial charge on any atom is 0.251 e. The van der Waals surface area contributed by atoms with E-state index in [0.717, 1.165) is 76.2 Å². The molecule has 1 amide bonds. The SMILES string of the molecule is COc1ccc(N2CCN(c3cc(Cl)nc(SCc4cccc(C(=O)NCCN5CCOCC5)c4)n3)CC2)cc1. The Balaban J connectivity index is 1.13. The molecule has 5 rings (SSSR count). The number of nitrogens with one attached hydrogen (secondary N) is 1. The van der Waals surface area contributed by atoms with Gasteiger partial charge in [0.05, 0.1) is 20.3 Å². The van der Waals surface area contributed by atoms with Crippen LogP contribution in [0.2, 0.25) is 5.15 Å². The molecule has 2 saturated heterocycles. The van der Waals surface area contributed by atoms with Gasteiger partial charge in [-0.05, 0) is 42.0 Å². The summed E-state index contributed by atoms with van der Waals surface area (Å²) in [7, 11) is 1.68. The Morgan fingerprint density at radius 1 is 1.00 bits per heavy atom. The Morgan fingerprint density at radius 2 is 1.75 bits per heavy atom. The van der Waals surface area contributed by atoms with Gasteiger partial charge in [0, 0.05) is 75.4 Å². The molecule has 0 unspecified atom stereocenters. The third-order valence-corrected chi connectivity index (χ3v) is 8.19. The highest BCUT2D eigenvalue weighted by molar-refractivity contribution is 7.98. The minimum Gasteiger partial charge on any atom is -0.497 e. The van der Waals surface area contributed by atoms with Crippen molar-refractivity contribution in [3.63, 3.8) is 0 Å². The number of rotatable bonds is 10. The first-order chi connectivity index (χ1) is 19.6. The zero-order valence-corrected chi connectivity index (χ0v) is 24.3. The Morgan fingerprint density at radius 3 is 2.50 bits per heavy atom. The van der Waals surface area contributed by atoms with Crippen LogP contribution < -0.4 is 19.9 Å². The lowest BCUT2D eigenvalue weighted by Gasteiger charge is -2.36. The van der Waals surface area contributed by atoms with Gasteiger partial charge >= 0.3 is 0 Å². The van der Waals surface area contributed by atoms with E-state index in [0.29, 0.717) is 28.2 Å². The number of ether oxygens (including phenoxy) is 2. The van der Waals surface area contributed by atoms with E-state index in [1.165, 1.54) is 17.4 Å². The fourth-order valence-corrected chi connectivity index (χ4v) is 5.83. The molecule has 3 heterocycles. The summed E-state index contributed by atoms with van der Waals surface area (Å²) >= 11 is 7.92. The van der Waals surface area contributed by atoms with E-state index in [1.54, 1.807) is 7.11 Å². The van der Waals surface area contributed by atoms with Crippen molar-refractivity contribution in [1.82, 2.24) is 20.2 Å². The molecule has 0 atom stereocenters. The number of methoxy groups -OCH3 is 1. The third kappa shape index (κ3) is 7.78. The Bertz CT molecular complexity index is 1270. The molecule has 40 heavy (non-hydrogen) atoms. The van der Waals surface area contributed by atoms with Crippen LogP contribution in [0.15, 0.2) is 59.8 Å². The van der Waals surface area contributed by atoms with Crippen LogP contribution in [0.5, 0.6) is 5.75 Å². The molecule has 0 aliphatic carbocycles. The molecular formula is C29H35ClN6O3S. The predicted molar refractivity (Wildman–Crippen MR) is 160 cm³/mol. The molecule has 9 nitrogen and oxygen atoms in total. The summed E-state index contributed by atoms with van der Waals surface area (Å²) < 4.78 is 10.7. The Hall–Kier alpha value is -3.05. The van der Waals surface area contributed by atoms with Crippen molar-refractivity contribution in [3.8, 4) is 5.75 Å². The highest BCUT2D eigenvalue weighted by Gasteiger charge is 2.20. The summed E-state index contributed by atoms with van der Waals surface area (Å²) in [6, 6.07) is 17.7. The van der Waals surface area contributed by atoms with Crippen LogP contribution >= 0.6 is 23.4 Å². The highest BCUT2D eigenvalue weighted by Crippen LogP contribution is 2.27. The molecule has 2 aromatic carbocycles. The van der Waals surface area contributed by atoms with E-state index in [2.05, 4.69) is 37.1 Å². The average molecular weight is 583 g/mol. The smallest absolute Gasteiger partial charge is 0.251 e. The molecule has 212 valence electrons. The fourth-order valence-electron chi connectivity index (χ4n) is 4.80. The number of hydrogen-bond acceptors (Lipinski definition) is 9. The third-order valence-electron chi connectivity index (χ3n) is 7.08. The Labute approximate surface area is 244 Å². The van der Waals surface area contributed by atoms with Gasteiger partial charge in [-0.3, -0.25) is 9.69 Å². The van der Waals surface area contributed by atoms with Crippen molar-refractivity contribution < 1.29 is 14.3 Å². The number of morpholine rings is 1. The maximum absolute atomic E-state index is 12.7. The normalized spacial score (nSPS) is 16.1. The van der Waals surface area contributed by atoms with Gasteiger partial charge in [-0.25, -0.2) is 9.97 Å². The second kappa shape index (κ2) is 14.0. The van der Waals surface area contributed by atoms with Crippen LogP contribution in [0.25, 0.3) is 0 Å². The fraction of sp³-hybridized carbons (Fsp3) is 0.414. The maximum atomic E-state index is 12.7. The first kappa shape index (κ1) is 28.5. The van der Waals surface area contributed by atoms with E-state index in [-0.39, 0.29) is 5.91 Å². The molecule has 2 aliphatic heterocycles. The molecule has 0 spiro atoms. The first-order valence-electron chi connectivity index (χ1n) is 13.6. The lowest BCUT2D eigenvalue weighted by atomic mass is 10.1. The summed E-state index contributed by atoms with van der Waals surface area (Å²) in [4.78, 5) is 28.9. The highest BCUT2D eigenvalue weighted by atomic mass is 35.5. The van der Waals surface area contributed by atoms with Crippen molar-refractivity contribution >= 4 is 40.8 Å². The molecular weight excluding hydrogens is 548 g/mol. The first-order valence-corrected chi connectivity index (χ1v) is 14.9. The summed E-state index contributed by atoms with van der Waals surface area (Å²) in [5, 5.41) is 4.09. The topological polar surface area (TPSA) is 83.1 Å². The summed E-state index contributed by atoms with van der Waals surface area (Å²) in [6.07, 6.45) is 0. The average Bonchev–Trinajstić information content (AvgIpc) is 3.00. The van der Waals surface area contributed by atoms with Gasteiger partial charge in [0.1, 0.15) is 16.7 Å². The van der Waals surface area contributed by atoms with E-state index in [9.17, 15) is 4.79 Å². The number of nitrogens with zero attached hydrogens (tertiary/aromatic N) is 5. The number of anilines is 2. The number of carbonyl (C=O) groups excluding carboxylic acids is 1. The number of amides is 1. The zero-order chi connectivity index (χ0) is 27.7. The second-order valence-electron chi connectivity index (χ2n) is 9.70. The van der Waals surface area contributed by atoms with Crippen LogP contribution in [0, 0.1) is 0 Å². The molecule has 2 aliphatic rings. The van der Waals surface area contributed by atoms with Crippen LogP contribution in [-0.4, -0.2) is 93.5 Å². The molecule has 0 saturated carbocycles. The number of hydrogen-bond donors (Lipinski definition) is 1. The van der Waals surface area contributed by atoms with Gasteiger partial charge in [-0.15, -0.1) is 0 Å². The second-order valence-corrected chi connectivity index (χ2v) is 11.0. The van der Waals surface area contributed by atoms with Crippen molar-refractivity contribution in [2.75, 3.05) is 82.5 Å². The van der Waals surface area contributed by atoms with E-state index < -0.39 is 0 Å². The molecule has 1 N–H and O–H groups in total.